The summed E-state index contributed by atoms with van der Waals surface area (Å²) >= 11 is 0. The quantitative estimate of drug-likeness (QED) is 0.274. The Bertz CT molecular complexity index is 1790. The van der Waals surface area contributed by atoms with Crippen LogP contribution in [0, 0.1) is 6.92 Å². The monoisotopic (exact) mass is 700 g/mol. The summed E-state index contributed by atoms with van der Waals surface area (Å²) in [5.41, 5.74) is 9.20. The first-order valence-corrected chi connectivity index (χ1v) is 16.8. The number of nitrogens with zero attached hydrogens (tertiary/aromatic N) is 7. The second-order valence-electron chi connectivity index (χ2n) is 13.9. The Kier molecular flexibility index (Phi) is 9.83. The van der Waals surface area contributed by atoms with Gasteiger partial charge in [0.2, 0.25) is 0 Å². The van der Waals surface area contributed by atoms with Crippen molar-refractivity contribution in [2.24, 2.45) is 0 Å². The highest BCUT2D eigenvalue weighted by Crippen LogP contribution is 2.43. The Morgan fingerprint density at radius 1 is 1.14 bits per heavy atom. The zero-order valence-electron chi connectivity index (χ0n) is 29.1. The molecule has 11 nitrogen and oxygen atoms in total. The number of carbonyl (C=O) groups is 1. The number of hydrogen-bond acceptors (Lipinski definition) is 9. The van der Waals surface area contributed by atoms with Crippen LogP contribution in [0.3, 0.4) is 0 Å². The number of aromatic nitrogens is 4. The van der Waals surface area contributed by atoms with E-state index in [1.54, 1.807) is 20.2 Å². The van der Waals surface area contributed by atoms with Gasteiger partial charge in [-0.2, -0.15) is 28.2 Å². The Morgan fingerprint density at radius 3 is 2.60 bits per heavy atom. The molecule has 6 heterocycles. The summed E-state index contributed by atoms with van der Waals surface area (Å²) in [7, 11) is 4.80. The van der Waals surface area contributed by atoms with Crippen molar-refractivity contribution in [1.82, 2.24) is 29.5 Å². The van der Waals surface area contributed by atoms with Gasteiger partial charge in [-0.05, 0) is 81.0 Å². The van der Waals surface area contributed by atoms with Crippen LogP contribution in [-0.4, -0.2) is 81.8 Å². The lowest BCUT2D eigenvalue weighted by Gasteiger charge is -2.31. The van der Waals surface area contributed by atoms with Gasteiger partial charge >= 0.3 is 12.2 Å². The molecule has 4 aliphatic rings. The van der Waals surface area contributed by atoms with E-state index in [0.717, 1.165) is 43.5 Å². The minimum atomic E-state index is -4.56. The van der Waals surface area contributed by atoms with E-state index in [-0.39, 0.29) is 41.8 Å². The Morgan fingerprint density at radius 2 is 1.92 bits per heavy atom. The fourth-order valence-electron chi connectivity index (χ4n) is 7.66. The predicted octanol–water partition coefficient (Wildman–Crippen LogP) is 5.62. The van der Waals surface area contributed by atoms with Crippen molar-refractivity contribution >= 4 is 17.4 Å². The molecule has 3 aromatic rings. The number of halogens is 4. The number of ether oxygens (including phenoxy) is 2. The van der Waals surface area contributed by atoms with E-state index in [4.69, 9.17) is 15.2 Å². The van der Waals surface area contributed by atoms with Crippen molar-refractivity contribution in [2.45, 2.75) is 83.5 Å². The molecule has 0 aliphatic carbocycles. The van der Waals surface area contributed by atoms with Crippen molar-refractivity contribution < 1.29 is 31.8 Å². The topological polar surface area (TPSA) is 115 Å². The van der Waals surface area contributed by atoms with Gasteiger partial charge in [0.1, 0.15) is 5.82 Å². The standard InChI is InChI=1S/C26H30F3N7O3.C9H14FN/c1-14-8-15(30)9-17(22(14)26(27,28)29)21-11-19-18(13-39-21)23(32-25(31-19)38-4)35-6-5-7-36-16(12-35)10-20(33-36)24(37)34(2)3;1-9-3-2-4-11(9)7-8(5-9)6-10/h8-10,21H,5-7,11-13,30H2,1-4H3;6H,2-5,7H2,1H3/b;8-6-. The van der Waals surface area contributed by atoms with E-state index in [1.165, 1.54) is 43.9 Å². The number of rotatable bonds is 4. The van der Waals surface area contributed by atoms with Crippen molar-refractivity contribution in [3.63, 3.8) is 0 Å². The molecular weight excluding hydrogens is 656 g/mol. The largest absolute Gasteiger partial charge is 0.467 e. The third-order valence-corrected chi connectivity index (χ3v) is 10.1. The molecule has 2 atom stereocenters. The van der Waals surface area contributed by atoms with Crippen LogP contribution >= 0.6 is 0 Å². The molecule has 270 valence electrons. The second-order valence-corrected chi connectivity index (χ2v) is 13.9. The Hall–Kier alpha value is -4.24. The Labute approximate surface area is 289 Å². The lowest BCUT2D eigenvalue weighted by molar-refractivity contribution is -0.140. The summed E-state index contributed by atoms with van der Waals surface area (Å²) in [5.74, 6) is 0.405. The number of nitrogens with two attached hydrogens (primary N) is 1. The maximum atomic E-state index is 14.0. The van der Waals surface area contributed by atoms with E-state index >= 15 is 0 Å². The number of amides is 1. The van der Waals surface area contributed by atoms with Crippen LogP contribution in [0.1, 0.15) is 82.8 Å². The summed E-state index contributed by atoms with van der Waals surface area (Å²) in [5, 5.41) is 4.48. The molecule has 0 spiro atoms. The van der Waals surface area contributed by atoms with Gasteiger partial charge in [0.15, 0.2) is 5.69 Å². The molecule has 1 aromatic carbocycles. The molecule has 4 aliphatic heterocycles. The Balaban J connectivity index is 0.000000331. The number of methoxy groups -OCH3 is 1. The third-order valence-electron chi connectivity index (χ3n) is 10.1. The number of alkyl halides is 3. The number of carbonyl (C=O) groups excluding carboxylic acids is 1. The van der Waals surface area contributed by atoms with Crippen LogP contribution < -0.4 is 15.4 Å². The number of benzene rings is 1. The van der Waals surface area contributed by atoms with Crippen LogP contribution in [-0.2, 0) is 37.0 Å². The van der Waals surface area contributed by atoms with E-state index in [1.807, 2.05) is 9.58 Å². The summed E-state index contributed by atoms with van der Waals surface area (Å²) in [6.07, 6.45) is -0.346. The zero-order chi connectivity index (χ0) is 36.0. The average Bonchev–Trinajstić information content (AvgIpc) is 3.68. The maximum absolute atomic E-state index is 14.0. The van der Waals surface area contributed by atoms with Crippen molar-refractivity contribution in [3.8, 4) is 6.01 Å². The number of anilines is 2. The SMILES string of the molecule is CC12CCCN1C/C(=C\F)C2.COc1nc2c(c(N3CCCn4nc(C(=O)N(C)C)cc4C3)n1)COC(c1cc(N)cc(C)c1C(F)(F)F)C2. The summed E-state index contributed by atoms with van der Waals surface area (Å²) < 4.78 is 67.4. The van der Waals surface area contributed by atoms with E-state index in [0.29, 0.717) is 47.9 Å². The summed E-state index contributed by atoms with van der Waals surface area (Å²) in [6.45, 7) is 7.39. The first-order valence-electron chi connectivity index (χ1n) is 16.8. The first-order chi connectivity index (χ1) is 23.7. The second kappa shape index (κ2) is 13.8. The van der Waals surface area contributed by atoms with Crippen molar-refractivity contribution in [2.75, 3.05) is 51.5 Å². The maximum Gasteiger partial charge on any atom is 0.417 e. The molecule has 0 saturated carbocycles. The van der Waals surface area contributed by atoms with Gasteiger partial charge in [0.05, 0.1) is 49.6 Å². The fraction of sp³-hybridized carbons (Fsp3) is 0.543. The predicted molar refractivity (Wildman–Crippen MR) is 179 cm³/mol. The normalized spacial score (nSPS) is 22.7. The average molecular weight is 701 g/mol. The fourth-order valence-corrected chi connectivity index (χ4v) is 7.66. The molecule has 2 aromatic heterocycles. The molecule has 0 radical (unpaired) electrons. The zero-order valence-corrected chi connectivity index (χ0v) is 29.1. The van der Waals surface area contributed by atoms with Gasteiger partial charge in [-0.15, -0.1) is 0 Å². The lowest BCUT2D eigenvalue weighted by atomic mass is 9.92. The lowest BCUT2D eigenvalue weighted by Crippen LogP contribution is -2.34. The molecule has 2 fully saturated rings. The van der Waals surface area contributed by atoms with Crippen LogP contribution in [0.2, 0.25) is 0 Å². The molecule has 1 amide bonds. The smallest absolute Gasteiger partial charge is 0.417 e. The van der Waals surface area contributed by atoms with Crippen molar-refractivity contribution in [1.29, 1.82) is 0 Å². The van der Waals surface area contributed by atoms with E-state index < -0.39 is 17.8 Å². The van der Waals surface area contributed by atoms with Crippen LogP contribution in [0.15, 0.2) is 30.1 Å². The molecule has 0 bridgehead atoms. The van der Waals surface area contributed by atoms with Gasteiger partial charge < -0.3 is 25.0 Å². The van der Waals surface area contributed by atoms with Gasteiger partial charge in [-0.3, -0.25) is 14.4 Å². The molecule has 15 heteroatoms. The van der Waals surface area contributed by atoms with E-state index in [2.05, 4.69) is 26.9 Å². The molecule has 2 saturated heterocycles. The molecule has 50 heavy (non-hydrogen) atoms. The number of nitrogen functional groups attached to an aromatic ring is 1. The third kappa shape index (κ3) is 7.02. The van der Waals surface area contributed by atoms with Crippen LogP contribution in [0.5, 0.6) is 6.01 Å². The van der Waals surface area contributed by atoms with Crippen LogP contribution in [0.4, 0.5) is 29.1 Å². The van der Waals surface area contributed by atoms with Gasteiger partial charge in [-0.25, -0.2) is 4.39 Å². The number of hydrogen-bond donors (Lipinski definition) is 1. The van der Waals surface area contributed by atoms with Gasteiger partial charge in [0.25, 0.3) is 5.91 Å². The molecular formula is C35H44F4N8O3. The first kappa shape index (κ1) is 35.6. The summed E-state index contributed by atoms with van der Waals surface area (Å²) in [6, 6.07) is 4.53. The molecule has 2 N–H and O–H groups in total. The highest BCUT2D eigenvalue weighted by Gasteiger charge is 2.42. The highest BCUT2D eigenvalue weighted by molar-refractivity contribution is 5.92. The minimum absolute atomic E-state index is 0.0125. The van der Waals surface area contributed by atoms with Crippen molar-refractivity contribution in [3.05, 3.63) is 69.4 Å². The van der Waals surface area contributed by atoms with Gasteiger partial charge in [0, 0.05) is 56.9 Å². The number of fused-ring (bicyclic) bond motifs is 3. The van der Waals surface area contributed by atoms with E-state index in [9.17, 15) is 22.4 Å². The molecule has 7 rings (SSSR count). The highest BCUT2D eigenvalue weighted by atomic mass is 19.4. The summed E-state index contributed by atoms with van der Waals surface area (Å²) in [4.78, 5) is 27.5. The minimum Gasteiger partial charge on any atom is -0.467 e. The van der Waals surface area contributed by atoms with Gasteiger partial charge in [-0.1, -0.05) is 0 Å². The molecule has 2 unspecified atom stereocenters. The number of aryl methyl sites for hydroxylation is 2. The van der Waals surface area contributed by atoms with Crippen LogP contribution in [0.25, 0.3) is 0 Å².